The van der Waals surface area contributed by atoms with Gasteiger partial charge >= 0.3 is 0 Å². The molecule has 0 unspecified atom stereocenters. The average Bonchev–Trinajstić information content (AvgIpc) is 2.92. The van der Waals surface area contributed by atoms with Crippen molar-refractivity contribution in [2.24, 2.45) is 5.92 Å². The van der Waals surface area contributed by atoms with Gasteiger partial charge in [0.2, 0.25) is 0 Å². The largest absolute Gasteiger partial charge is 0.498 e. The fourth-order valence-corrected chi connectivity index (χ4v) is 2.96. The van der Waals surface area contributed by atoms with Crippen LogP contribution >= 0.6 is 0 Å². The molecule has 108 valence electrons. The van der Waals surface area contributed by atoms with E-state index in [0.717, 1.165) is 62.5 Å². The summed E-state index contributed by atoms with van der Waals surface area (Å²) in [7, 11) is 0. The van der Waals surface area contributed by atoms with Crippen molar-refractivity contribution in [1.82, 2.24) is 14.9 Å². The number of carbonyl (C=O) groups excluding carboxylic acids is 1. The lowest BCUT2D eigenvalue weighted by Gasteiger charge is -2.25. The monoisotopic (exact) mass is 275 g/mol. The Balaban J connectivity index is 1.54. The minimum atomic E-state index is 0.0404. The first kappa shape index (κ1) is 13.2. The van der Waals surface area contributed by atoms with Crippen molar-refractivity contribution in [1.29, 1.82) is 0 Å². The van der Waals surface area contributed by atoms with Gasteiger partial charge in [-0.3, -0.25) is 4.79 Å². The van der Waals surface area contributed by atoms with Gasteiger partial charge in [0.25, 0.3) is 5.91 Å². The number of aryl methyl sites for hydroxylation is 1. The van der Waals surface area contributed by atoms with Crippen molar-refractivity contribution >= 4 is 5.91 Å². The number of allylic oxidation sites excluding steroid dienone is 1. The van der Waals surface area contributed by atoms with E-state index in [9.17, 15) is 4.79 Å². The number of hydrogen-bond donors (Lipinski definition) is 1. The molecule has 1 amide bonds. The number of ether oxygens (including phenoxy) is 1. The van der Waals surface area contributed by atoms with Crippen molar-refractivity contribution in [3.05, 3.63) is 29.6 Å². The van der Waals surface area contributed by atoms with Gasteiger partial charge in [0, 0.05) is 31.9 Å². The molecule has 5 heteroatoms. The summed E-state index contributed by atoms with van der Waals surface area (Å²) < 4.78 is 7.63. The smallest absolute Gasteiger partial charge is 0.250 e. The molecule has 1 N–H and O–H groups in total. The number of nitrogens with one attached hydrogen (secondary N) is 1. The second-order valence-electron chi connectivity index (χ2n) is 5.60. The van der Waals surface area contributed by atoms with Crippen molar-refractivity contribution < 1.29 is 9.53 Å². The van der Waals surface area contributed by atoms with Gasteiger partial charge in [-0.05, 0) is 32.1 Å². The van der Waals surface area contributed by atoms with Crippen LogP contribution in [-0.2, 0) is 22.5 Å². The fraction of sp³-hybridized carbons (Fsp3) is 0.600. The number of fused-ring (bicyclic) bond motifs is 1. The Kier molecular flexibility index (Phi) is 3.76. The molecule has 0 saturated carbocycles. The number of aromatic nitrogens is 2. The minimum Gasteiger partial charge on any atom is -0.498 e. The standard InChI is InChI=1S/C15H21N3O2/c1-11-13(3-2-8-20-11)15(19)17-9-12-4-5-14-16-6-7-18(14)10-12/h6-7,12H,2-5,8-10H2,1H3,(H,17,19)/t12-/m1/s1. The van der Waals surface area contributed by atoms with E-state index in [1.54, 1.807) is 0 Å². The molecule has 0 fully saturated rings. The average molecular weight is 275 g/mol. The zero-order valence-electron chi connectivity index (χ0n) is 11.9. The maximum Gasteiger partial charge on any atom is 0.250 e. The van der Waals surface area contributed by atoms with Crippen LogP contribution < -0.4 is 5.32 Å². The molecule has 1 aromatic rings. The third kappa shape index (κ3) is 2.71. The molecule has 3 heterocycles. The topological polar surface area (TPSA) is 56.2 Å². The Labute approximate surface area is 119 Å². The summed E-state index contributed by atoms with van der Waals surface area (Å²) in [6.07, 6.45) is 7.72. The second kappa shape index (κ2) is 5.69. The van der Waals surface area contributed by atoms with Gasteiger partial charge in [-0.1, -0.05) is 0 Å². The number of imidazole rings is 1. The summed E-state index contributed by atoms with van der Waals surface area (Å²) in [5.41, 5.74) is 0.815. The van der Waals surface area contributed by atoms with Gasteiger partial charge in [0.05, 0.1) is 12.2 Å². The number of amides is 1. The van der Waals surface area contributed by atoms with Gasteiger partial charge < -0.3 is 14.6 Å². The number of hydrogen-bond acceptors (Lipinski definition) is 3. The lowest BCUT2D eigenvalue weighted by atomic mass is 9.99. The molecule has 1 atom stereocenters. The van der Waals surface area contributed by atoms with Crippen LogP contribution in [0.3, 0.4) is 0 Å². The molecule has 2 aliphatic heterocycles. The first-order valence-electron chi connectivity index (χ1n) is 7.35. The molecule has 3 rings (SSSR count). The Bertz CT molecular complexity index is 533. The van der Waals surface area contributed by atoms with Crippen LogP contribution in [0.4, 0.5) is 0 Å². The van der Waals surface area contributed by atoms with Crippen LogP contribution in [0.2, 0.25) is 0 Å². The Morgan fingerprint density at radius 2 is 2.45 bits per heavy atom. The lowest BCUT2D eigenvalue weighted by molar-refractivity contribution is -0.118. The van der Waals surface area contributed by atoms with Crippen LogP contribution in [0.5, 0.6) is 0 Å². The number of nitrogens with zero attached hydrogens (tertiary/aromatic N) is 2. The van der Waals surface area contributed by atoms with E-state index in [1.165, 1.54) is 0 Å². The van der Waals surface area contributed by atoms with Crippen molar-refractivity contribution in [2.75, 3.05) is 13.2 Å². The van der Waals surface area contributed by atoms with E-state index in [-0.39, 0.29) is 5.91 Å². The highest BCUT2D eigenvalue weighted by atomic mass is 16.5. The SMILES string of the molecule is CC1=C(C(=O)NC[C@H]2CCc3nccn3C2)CCCO1. The highest BCUT2D eigenvalue weighted by molar-refractivity contribution is 5.93. The van der Waals surface area contributed by atoms with Crippen LogP contribution in [0.15, 0.2) is 23.7 Å². The lowest BCUT2D eigenvalue weighted by Crippen LogP contribution is -2.35. The molecule has 5 nitrogen and oxygen atoms in total. The predicted molar refractivity (Wildman–Crippen MR) is 74.9 cm³/mol. The van der Waals surface area contributed by atoms with Crippen LogP contribution in [0, 0.1) is 5.92 Å². The highest BCUT2D eigenvalue weighted by Crippen LogP contribution is 2.20. The molecule has 0 radical (unpaired) electrons. The molecule has 0 aromatic carbocycles. The van der Waals surface area contributed by atoms with Crippen LogP contribution in [-0.4, -0.2) is 28.6 Å². The molecule has 2 aliphatic rings. The summed E-state index contributed by atoms with van der Waals surface area (Å²) >= 11 is 0. The third-order valence-corrected chi connectivity index (χ3v) is 4.17. The maximum absolute atomic E-state index is 12.2. The van der Waals surface area contributed by atoms with E-state index in [0.29, 0.717) is 5.92 Å². The molecule has 0 saturated heterocycles. The molecule has 0 aliphatic carbocycles. The summed E-state index contributed by atoms with van der Waals surface area (Å²) in [6.45, 7) is 4.29. The van der Waals surface area contributed by atoms with Gasteiger partial charge in [0.15, 0.2) is 0 Å². The molecular weight excluding hydrogens is 254 g/mol. The zero-order chi connectivity index (χ0) is 13.9. The first-order chi connectivity index (χ1) is 9.74. The minimum absolute atomic E-state index is 0.0404. The van der Waals surface area contributed by atoms with Gasteiger partial charge in [-0.2, -0.15) is 0 Å². The fourth-order valence-electron chi connectivity index (χ4n) is 2.96. The van der Waals surface area contributed by atoms with E-state index in [1.807, 2.05) is 19.3 Å². The predicted octanol–water partition coefficient (Wildman–Crippen LogP) is 1.65. The molecule has 0 spiro atoms. The quantitative estimate of drug-likeness (QED) is 0.912. The molecule has 20 heavy (non-hydrogen) atoms. The Hall–Kier alpha value is -1.78. The summed E-state index contributed by atoms with van der Waals surface area (Å²) in [4.78, 5) is 16.5. The zero-order valence-corrected chi connectivity index (χ0v) is 11.9. The summed E-state index contributed by atoms with van der Waals surface area (Å²) in [5.74, 6) is 2.48. The van der Waals surface area contributed by atoms with E-state index in [4.69, 9.17) is 4.74 Å². The van der Waals surface area contributed by atoms with Crippen LogP contribution in [0.25, 0.3) is 0 Å². The first-order valence-corrected chi connectivity index (χ1v) is 7.35. The van der Waals surface area contributed by atoms with Crippen molar-refractivity contribution in [3.63, 3.8) is 0 Å². The van der Waals surface area contributed by atoms with Gasteiger partial charge in [-0.15, -0.1) is 0 Å². The third-order valence-electron chi connectivity index (χ3n) is 4.17. The summed E-state index contributed by atoms with van der Waals surface area (Å²) in [5, 5.41) is 3.06. The van der Waals surface area contributed by atoms with E-state index < -0.39 is 0 Å². The van der Waals surface area contributed by atoms with Gasteiger partial charge in [0.1, 0.15) is 11.6 Å². The Morgan fingerprint density at radius 3 is 3.30 bits per heavy atom. The van der Waals surface area contributed by atoms with Gasteiger partial charge in [-0.25, -0.2) is 4.98 Å². The van der Waals surface area contributed by atoms with Crippen LogP contribution in [0.1, 0.15) is 32.0 Å². The normalized spacial score (nSPS) is 22.1. The molecular formula is C15H21N3O2. The number of rotatable bonds is 3. The maximum atomic E-state index is 12.2. The van der Waals surface area contributed by atoms with E-state index in [2.05, 4.69) is 14.9 Å². The van der Waals surface area contributed by atoms with Crippen molar-refractivity contribution in [2.45, 2.75) is 39.2 Å². The number of carbonyl (C=O) groups is 1. The summed E-state index contributed by atoms with van der Waals surface area (Å²) in [6, 6.07) is 0. The van der Waals surface area contributed by atoms with E-state index >= 15 is 0 Å². The highest BCUT2D eigenvalue weighted by Gasteiger charge is 2.21. The molecule has 1 aromatic heterocycles. The second-order valence-corrected chi connectivity index (χ2v) is 5.60. The Morgan fingerprint density at radius 1 is 1.55 bits per heavy atom. The molecule has 0 bridgehead atoms. The van der Waals surface area contributed by atoms with Crippen molar-refractivity contribution in [3.8, 4) is 0 Å².